The van der Waals surface area contributed by atoms with Crippen LogP contribution >= 0.6 is 23.2 Å². The van der Waals surface area contributed by atoms with Crippen LogP contribution in [0.2, 0.25) is 10.0 Å². The molecule has 0 bridgehead atoms. The molecule has 0 saturated heterocycles. The van der Waals surface area contributed by atoms with Crippen LogP contribution < -0.4 is 5.32 Å². The minimum absolute atomic E-state index is 0.552. The highest BCUT2D eigenvalue weighted by molar-refractivity contribution is 6.35. The lowest BCUT2D eigenvalue weighted by molar-refractivity contribution is 1.00. The molecule has 1 heterocycles. The first kappa shape index (κ1) is 11.9. The first-order valence-corrected chi connectivity index (χ1v) is 6.67. The smallest absolute Gasteiger partial charge is 0.208 e. The van der Waals surface area contributed by atoms with Crippen LogP contribution in [0.4, 0.5) is 5.95 Å². The Morgan fingerprint density at radius 1 is 1.33 bits per heavy atom. The van der Waals surface area contributed by atoms with Gasteiger partial charge in [0.25, 0.3) is 0 Å². The van der Waals surface area contributed by atoms with Gasteiger partial charge in [-0.1, -0.05) is 23.2 Å². The quantitative estimate of drug-likeness (QED) is 0.920. The van der Waals surface area contributed by atoms with Crippen LogP contribution in [0.1, 0.15) is 18.5 Å². The Morgan fingerprint density at radius 2 is 2.11 bits per heavy atom. The van der Waals surface area contributed by atoms with E-state index in [1.54, 1.807) is 6.07 Å². The number of benzene rings is 1. The summed E-state index contributed by atoms with van der Waals surface area (Å²) in [7, 11) is 0. The number of nitrogens with one attached hydrogen (secondary N) is 1. The van der Waals surface area contributed by atoms with Gasteiger partial charge in [-0.05, 0) is 38.0 Å². The van der Waals surface area contributed by atoms with Crippen molar-refractivity contribution in [3.63, 3.8) is 0 Å². The summed E-state index contributed by atoms with van der Waals surface area (Å²) in [6.45, 7) is 1.97. The van der Waals surface area contributed by atoms with E-state index < -0.39 is 0 Å². The SMILES string of the molecule is Cc1cn(-c2ccc(Cl)cc2Cl)c(NC2CC2)n1. The zero-order valence-electron chi connectivity index (χ0n) is 9.95. The van der Waals surface area contributed by atoms with E-state index in [0.717, 1.165) is 17.3 Å². The predicted molar refractivity (Wildman–Crippen MR) is 75.0 cm³/mol. The van der Waals surface area contributed by atoms with E-state index in [1.165, 1.54) is 12.8 Å². The van der Waals surface area contributed by atoms with Crippen molar-refractivity contribution in [2.24, 2.45) is 0 Å². The van der Waals surface area contributed by atoms with Gasteiger partial charge in [0, 0.05) is 17.3 Å². The van der Waals surface area contributed by atoms with E-state index in [0.29, 0.717) is 16.1 Å². The third kappa shape index (κ3) is 2.33. The van der Waals surface area contributed by atoms with E-state index in [4.69, 9.17) is 23.2 Å². The van der Waals surface area contributed by atoms with E-state index >= 15 is 0 Å². The van der Waals surface area contributed by atoms with Crippen LogP contribution in [-0.2, 0) is 0 Å². The molecule has 1 N–H and O–H groups in total. The van der Waals surface area contributed by atoms with Gasteiger partial charge in [0.15, 0.2) is 0 Å². The van der Waals surface area contributed by atoms with Crippen molar-refractivity contribution >= 4 is 29.2 Å². The summed E-state index contributed by atoms with van der Waals surface area (Å²) in [6.07, 6.45) is 4.39. The molecule has 1 saturated carbocycles. The third-order valence-corrected chi connectivity index (χ3v) is 3.44. The van der Waals surface area contributed by atoms with Gasteiger partial charge in [-0.3, -0.25) is 4.57 Å². The van der Waals surface area contributed by atoms with Crippen molar-refractivity contribution in [2.45, 2.75) is 25.8 Å². The molecule has 1 aliphatic rings. The summed E-state index contributed by atoms with van der Waals surface area (Å²) >= 11 is 12.2. The largest absolute Gasteiger partial charge is 0.353 e. The predicted octanol–water partition coefficient (Wildman–Crippen LogP) is 4.06. The number of aromatic nitrogens is 2. The zero-order valence-corrected chi connectivity index (χ0v) is 11.5. The minimum Gasteiger partial charge on any atom is -0.353 e. The average Bonchev–Trinajstić information content (AvgIpc) is 3.03. The molecule has 3 nitrogen and oxygen atoms in total. The van der Waals surface area contributed by atoms with Gasteiger partial charge in [-0.15, -0.1) is 0 Å². The molecule has 18 heavy (non-hydrogen) atoms. The van der Waals surface area contributed by atoms with Crippen LogP contribution in [0, 0.1) is 6.92 Å². The second-order valence-electron chi connectivity index (χ2n) is 4.59. The number of nitrogens with zero attached hydrogens (tertiary/aromatic N) is 2. The molecule has 1 fully saturated rings. The maximum Gasteiger partial charge on any atom is 0.208 e. The number of hydrogen-bond donors (Lipinski definition) is 1. The molecule has 5 heteroatoms. The zero-order chi connectivity index (χ0) is 12.7. The van der Waals surface area contributed by atoms with Crippen LogP contribution in [0.3, 0.4) is 0 Å². The number of imidazole rings is 1. The lowest BCUT2D eigenvalue weighted by atomic mass is 10.3. The van der Waals surface area contributed by atoms with Crippen LogP contribution in [-0.4, -0.2) is 15.6 Å². The van der Waals surface area contributed by atoms with Crippen LogP contribution in [0.25, 0.3) is 5.69 Å². The maximum absolute atomic E-state index is 6.24. The Kier molecular flexibility index (Phi) is 2.96. The first-order valence-electron chi connectivity index (χ1n) is 5.91. The molecule has 1 aromatic carbocycles. The summed E-state index contributed by atoms with van der Waals surface area (Å²) < 4.78 is 1.98. The highest BCUT2D eigenvalue weighted by Gasteiger charge is 2.23. The van der Waals surface area contributed by atoms with E-state index in [-0.39, 0.29) is 0 Å². The van der Waals surface area contributed by atoms with E-state index in [2.05, 4.69) is 10.3 Å². The molecular formula is C13H13Cl2N3. The molecule has 0 spiro atoms. The first-order chi connectivity index (χ1) is 8.63. The Labute approximate surface area is 116 Å². The van der Waals surface area contributed by atoms with Crippen molar-refractivity contribution in [1.29, 1.82) is 0 Å². The number of aryl methyl sites for hydroxylation is 1. The molecule has 1 aliphatic carbocycles. The standard InChI is InChI=1S/C13H13Cl2N3/c1-8-7-18(13(16-8)17-10-3-4-10)12-5-2-9(14)6-11(12)15/h2,5-7,10H,3-4H2,1H3,(H,16,17). The molecule has 0 unspecified atom stereocenters. The highest BCUT2D eigenvalue weighted by atomic mass is 35.5. The third-order valence-electron chi connectivity index (χ3n) is 2.91. The molecular weight excluding hydrogens is 269 g/mol. The fraction of sp³-hybridized carbons (Fsp3) is 0.308. The molecule has 0 radical (unpaired) electrons. The molecule has 0 amide bonds. The fourth-order valence-electron chi connectivity index (χ4n) is 1.87. The van der Waals surface area contributed by atoms with Gasteiger partial charge >= 0.3 is 0 Å². The summed E-state index contributed by atoms with van der Waals surface area (Å²) in [6, 6.07) is 6.04. The van der Waals surface area contributed by atoms with Gasteiger partial charge in [-0.25, -0.2) is 4.98 Å². The van der Waals surface area contributed by atoms with Crippen molar-refractivity contribution in [3.8, 4) is 5.69 Å². The number of hydrogen-bond acceptors (Lipinski definition) is 2. The van der Waals surface area contributed by atoms with Crippen molar-refractivity contribution in [2.75, 3.05) is 5.32 Å². The number of halogens is 2. The second kappa shape index (κ2) is 4.48. The molecule has 2 aromatic rings. The van der Waals surface area contributed by atoms with Crippen molar-refractivity contribution < 1.29 is 0 Å². The van der Waals surface area contributed by atoms with Crippen molar-refractivity contribution in [3.05, 3.63) is 40.1 Å². The summed E-state index contributed by atoms with van der Waals surface area (Å²) in [5.74, 6) is 0.847. The monoisotopic (exact) mass is 281 g/mol. The number of anilines is 1. The second-order valence-corrected chi connectivity index (χ2v) is 5.43. The topological polar surface area (TPSA) is 29.9 Å². The number of rotatable bonds is 3. The normalized spacial score (nSPS) is 14.8. The van der Waals surface area contributed by atoms with Gasteiger partial charge in [0.1, 0.15) is 0 Å². The average molecular weight is 282 g/mol. The summed E-state index contributed by atoms with van der Waals surface area (Å²) in [5.41, 5.74) is 1.86. The Balaban J connectivity index is 2.03. The Bertz CT molecular complexity index is 588. The Morgan fingerprint density at radius 3 is 2.78 bits per heavy atom. The Hall–Kier alpha value is -1.19. The van der Waals surface area contributed by atoms with E-state index in [1.807, 2.05) is 29.8 Å². The molecule has 3 rings (SSSR count). The van der Waals surface area contributed by atoms with Gasteiger partial charge in [0.05, 0.1) is 16.4 Å². The van der Waals surface area contributed by atoms with Gasteiger partial charge in [0.2, 0.25) is 5.95 Å². The summed E-state index contributed by atoms with van der Waals surface area (Å²) in [5, 5.41) is 4.67. The van der Waals surface area contributed by atoms with Crippen molar-refractivity contribution in [1.82, 2.24) is 9.55 Å². The lowest BCUT2D eigenvalue weighted by Crippen LogP contribution is -2.07. The van der Waals surface area contributed by atoms with Gasteiger partial charge in [-0.2, -0.15) is 0 Å². The maximum atomic E-state index is 6.24. The van der Waals surface area contributed by atoms with Gasteiger partial charge < -0.3 is 5.32 Å². The highest BCUT2D eigenvalue weighted by Crippen LogP contribution is 2.30. The van der Waals surface area contributed by atoms with E-state index in [9.17, 15) is 0 Å². The molecule has 94 valence electrons. The minimum atomic E-state index is 0.552. The van der Waals surface area contributed by atoms with Crippen LogP contribution in [0.15, 0.2) is 24.4 Å². The molecule has 0 atom stereocenters. The van der Waals surface area contributed by atoms with Crippen LogP contribution in [0.5, 0.6) is 0 Å². The molecule has 1 aromatic heterocycles. The molecule has 0 aliphatic heterocycles. The summed E-state index contributed by atoms with van der Waals surface area (Å²) in [4.78, 5) is 4.49. The fourth-order valence-corrected chi connectivity index (χ4v) is 2.37. The lowest BCUT2D eigenvalue weighted by Gasteiger charge is -2.10.